The molecular weight excluding hydrogens is 402 g/mol. The van der Waals surface area contributed by atoms with Crippen LogP contribution in [0.2, 0.25) is 0 Å². The lowest BCUT2D eigenvalue weighted by molar-refractivity contribution is 0.0376. The number of aromatic nitrogens is 2. The van der Waals surface area contributed by atoms with E-state index in [1.807, 2.05) is 0 Å². The molecule has 0 bridgehead atoms. The number of carbonyl (C=O) groups is 1. The SMILES string of the molecule is Cc1cc(C(=O)N(CCCN2CCOCC2)c2nc3c(F)cc(F)cc3s2)on1. The number of rotatable bonds is 6. The fraction of sp³-hybridized carbons (Fsp3) is 0.421. The van der Waals surface area contributed by atoms with Gasteiger partial charge in [0.2, 0.25) is 5.76 Å². The number of anilines is 1. The van der Waals surface area contributed by atoms with E-state index in [1.165, 1.54) is 11.0 Å². The summed E-state index contributed by atoms with van der Waals surface area (Å²) in [5.41, 5.74) is 0.630. The molecule has 1 fully saturated rings. The Morgan fingerprint density at radius 1 is 1.28 bits per heavy atom. The lowest BCUT2D eigenvalue weighted by atomic mass is 10.3. The molecule has 1 amide bonds. The van der Waals surface area contributed by atoms with Gasteiger partial charge in [-0.3, -0.25) is 14.6 Å². The highest BCUT2D eigenvalue weighted by atomic mass is 32.1. The van der Waals surface area contributed by atoms with E-state index in [0.717, 1.165) is 37.0 Å². The van der Waals surface area contributed by atoms with Crippen LogP contribution in [0.5, 0.6) is 0 Å². The molecule has 0 atom stereocenters. The minimum absolute atomic E-state index is 0.0473. The van der Waals surface area contributed by atoms with E-state index in [2.05, 4.69) is 15.0 Å². The molecule has 0 saturated carbocycles. The fourth-order valence-corrected chi connectivity index (χ4v) is 4.25. The van der Waals surface area contributed by atoms with Gasteiger partial charge in [-0.05, 0) is 19.4 Å². The maximum atomic E-state index is 14.1. The van der Waals surface area contributed by atoms with Crippen molar-refractivity contribution in [3.63, 3.8) is 0 Å². The van der Waals surface area contributed by atoms with Gasteiger partial charge in [0.25, 0.3) is 5.91 Å². The maximum Gasteiger partial charge on any atom is 0.298 e. The molecule has 7 nitrogen and oxygen atoms in total. The number of carbonyl (C=O) groups excluding carboxylic acids is 1. The number of aryl methyl sites for hydroxylation is 1. The second kappa shape index (κ2) is 8.52. The number of hydrogen-bond donors (Lipinski definition) is 0. The number of fused-ring (bicyclic) bond motifs is 1. The maximum absolute atomic E-state index is 14.1. The molecule has 0 spiro atoms. The number of halogens is 2. The van der Waals surface area contributed by atoms with Crippen molar-refractivity contribution in [2.45, 2.75) is 13.3 Å². The highest BCUT2D eigenvalue weighted by Crippen LogP contribution is 2.32. The first-order chi connectivity index (χ1) is 14.0. The molecule has 3 aromatic rings. The number of morpholine rings is 1. The summed E-state index contributed by atoms with van der Waals surface area (Å²) < 4.78 is 38.5. The normalized spacial score (nSPS) is 15.1. The van der Waals surface area contributed by atoms with Crippen molar-refractivity contribution in [2.24, 2.45) is 0 Å². The van der Waals surface area contributed by atoms with Crippen LogP contribution in [-0.4, -0.2) is 60.3 Å². The molecule has 4 rings (SSSR count). The van der Waals surface area contributed by atoms with Gasteiger partial charge in [0.05, 0.1) is 23.6 Å². The molecule has 10 heteroatoms. The molecule has 3 heterocycles. The van der Waals surface area contributed by atoms with Crippen LogP contribution in [0.4, 0.5) is 13.9 Å². The van der Waals surface area contributed by atoms with E-state index in [9.17, 15) is 13.6 Å². The zero-order valence-corrected chi connectivity index (χ0v) is 16.7. The highest BCUT2D eigenvalue weighted by Gasteiger charge is 2.25. The summed E-state index contributed by atoms with van der Waals surface area (Å²) in [6, 6.07) is 3.55. The monoisotopic (exact) mass is 422 g/mol. The van der Waals surface area contributed by atoms with Crippen LogP contribution in [0, 0.1) is 18.6 Å². The molecular formula is C19H20F2N4O3S. The predicted molar refractivity (Wildman–Crippen MR) is 104 cm³/mol. The first-order valence-corrected chi connectivity index (χ1v) is 10.1. The van der Waals surface area contributed by atoms with E-state index in [4.69, 9.17) is 9.26 Å². The van der Waals surface area contributed by atoms with Crippen molar-refractivity contribution in [3.05, 3.63) is 41.3 Å². The van der Waals surface area contributed by atoms with Crippen molar-refractivity contribution >= 4 is 32.6 Å². The second-order valence-corrected chi connectivity index (χ2v) is 7.84. The molecule has 0 N–H and O–H groups in total. The van der Waals surface area contributed by atoms with Gasteiger partial charge >= 0.3 is 0 Å². The molecule has 29 heavy (non-hydrogen) atoms. The molecule has 0 radical (unpaired) electrons. The molecule has 1 aliphatic rings. The van der Waals surface area contributed by atoms with Crippen molar-refractivity contribution in [1.29, 1.82) is 0 Å². The number of hydrogen-bond acceptors (Lipinski definition) is 7. The minimum atomic E-state index is -0.751. The van der Waals surface area contributed by atoms with Gasteiger partial charge in [-0.25, -0.2) is 13.8 Å². The van der Waals surface area contributed by atoms with Gasteiger partial charge in [0.1, 0.15) is 11.3 Å². The summed E-state index contributed by atoms with van der Waals surface area (Å²) in [4.78, 5) is 21.0. The van der Waals surface area contributed by atoms with E-state index >= 15 is 0 Å². The molecule has 2 aromatic heterocycles. The van der Waals surface area contributed by atoms with Gasteiger partial charge in [-0.2, -0.15) is 0 Å². The highest BCUT2D eigenvalue weighted by molar-refractivity contribution is 7.22. The topological polar surface area (TPSA) is 71.7 Å². The Balaban J connectivity index is 1.58. The van der Waals surface area contributed by atoms with Gasteiger partial charge in [-0.1, -0.05) is 16.5 Å². The summed E-state index contributed by atoms with van der Waals surface area (Å²) in [6.07, 6.45) is 0.686. The third-order valence-electron chi connectivity index (χ3n) is 4.68. The Bertz CT molecular complexity index is 1020. The summed E-state index contributed by atoms with van der Waals surface area (Å²) in [5.74, 6) is -1.76. The van der Waals surface area contributed by atoms with Gasteiger partial charge in [0.15, 0.2) is 10.9 Å². The lowest BCUT2D eigenvalue weighted by Gasteiger charge is -2.27. The van der Waals surface area contributed by atoms with Gasteiger partial charge < -0.3 is 9.26 Å². The fourth-order valence-electron chi connectivity index (χ4n) is 3.22. The smallest absolute Gasteiger partial charge is 0.298 e. The van der Waals surface area contributed by atoms with Crippen LogP contribution >= 0.6 is 11.3 Å². The number of benzene rings is 1. The van der Waals surface area contributed by atoms with Crippen LogP contribution in [0.25, 0.3) is 10.2 Å². The molecule has 1 aliphatic heterocycles. The quantitative estimate of drug-likeness (QED) is 0.607. The lowest BCUT2D eigenvalue weighted by Crippen LogP contribution is -2.39. The van der Waals surface area contributed by atoms with Crippen molar-refractivity contribution in [1.82, 2.24) is 15.0 Å². The van der Waals surface area contributed by atoms with Crippen molar-refractivity contribution < 1.29 is 22.8 Å². The number of amides is 1. The van der Waals surface area contributed by atoms with Crippen LogP contribution in [0.1, 0.15) is 22.7 Å². The first kappa shape index (κ1) is 19.9. The van der Waals surface area contributed by atoms with Crippen LogP contribution in [0.15, 0.2) is 22.7 Å². The summed E-state index contributed by atoms with van der Waals surface area (Å²) in [7, 11) is 0. The predicted octanol–water partition coefficient (Wildman–Crippen LogP) is 3.24. The van der Waals surface area contributed by atoms with Gasteiger partial charge in [0, 0.05) is 38.3 Å². The molecule has 0 aliphatic carbocycles. The molecule has 1 saturated heterocycles. The van der Waals surface area contributed by atoms with E-state index in [1.54, 1.807) is 13.0 Å². The summed E-state index contributed by atoms with van der Waals surface area (Å²) >= 11 is 1.07. The van der Waals surface area contributed by atoms with E-state index in [-0.39, 0.29) is 11.3 Å². The van der Waals surface area contributed by atoms with Gasteiger partial charge in [-0.15, -0.1) is 0 Å². The summed E-state index contributed by atoms with van der Waals surface area (Å²) in [5, 5.41) is 4.06. The Labute approximate surface area is 169 Å². The third kappa shape index (κ3) is 4.44. The zero-order valence-electron chi connectivity index (χ0n) is 15.9. The minimum Gasteiger partial charge on any atom is -0.379 e. The zero-order chi connectivity index (χ0) is 20.4. The van der Waals surface area contributed by atoms with E-state index in [0.29, 0.717) is 41.7 Å². The van der Waals surface area contributed by atoms with Crippen molar-refractivity contribution in [2.75, 3.05) is 44.3 Å². The molecule has 0 unspecified atom stereocenters. The number of thiazole rings is 1. The van der Waals surface area contributed by atoms with Crippen LogP contribution in [0.3, 0.4) is 0 Å². The van der Waals surface area contributed by atoms with Crippen LogP contribution < -0.4 is 4.90 Å². The third-order valence-corrected chi connectivity index (χ3v) is 5.70. The Kier molecular flexibility index (Phi) is 5.84. The number of nitrogens with zero attached hydrogens (tertiary/aromatic N) is 4. The molecule has 1 aromatic carbocycles. The average Bonchev–Trinajstić information content (AvgIpc) is 3.32. The second-order valence-electron chi connectivity index (χ2n) is 6.83. The van der Waals surface area contributed by atoms with Crippen molar-refractivity contribution in [3.8, 4) is 0 Å². The first-order valence-electron chi connectivity index (χ1n) is 9.32. The average molecular weight is 422 g/mol. The number of ether oxygens (including phenoxy) is 1. The largest absolute Gasteiger partial charge is 0.379 e. The Morgan fingerprint density at radius 3 is 2.79 bits per heavy atom. The van der Waals surface area contributed by atoms with E-state index < -0.39 is 17.5 Å². The van der Waals surface area contributed by atoms with Crippen LogP contribution in [-0.2, 0) is 4.74 Å². The summed E-state index contributed by atoms with van der Waals surface area (Å²) in [6.45, 7) is 5.96. The molecule has 154 valence electrons. The Morgan fingerprint density at radius 2 is 2.07 bits per heavy atom. The standard InChI is InChI=1S/C19H20F2N4O3S/c1-12-9-15(28-23-12)18(26)25(4-2-3-24-5-7-27-8-6-24)19-22-17-14(21)10-13(20)11-16(17)29-19/h9-11H,2-8H2,1H3. The Hall–Kier alpha value is -2.43.